The van der Waals surface area contributed by atoms with Gasteiger partial charge in [0, 0.05) is 37.3 Å². The summed E-state index contributed by atoms with van der Waals surface area (Å²) in [5.41, 5.74) is 1.40. The third kappa shape index (κ3) is 3.16. The summed E-state index contributed by atoms with van der Waals surface area (Å²) in [6.07, 6.45) is 5.37. The summed E-state index contributed by atoms with van der Waals surface area (Å²) in [5, 5.41) is 9.00. The minimum Gasteiger partial charge on any atom is -0.471 e. The van der Waals surface area contributed by atoms with Crippen LogP contribution in [0.15, 0.2) is 30.7 Å². The van der Waals surface area contributed by atoms with E-state index in [1.54, 1.807) is 21.8 Å². The van der Waals surface area contributed by atoms with Crippen LogP contribution >= 0.6 is 0 Å². The van der Waals surface area contributed by atoms with E-state index in [1.807, 2.05) is 7.05 Å². The number of likely N-dealkylation sites (tertiary alicyclic amines) is 1. The van der Waals surface area contributed by atoms with E-state index in [2.05, 4.69) is 25.3 Å². The molecule has 6 heterocycles. The van der Waals surface area contributed by atoms with Gasteiger partial charge < -0.3 is 15.0 Å². The number of hydrogen-bond acceptors (Lipinski definition) is 8. The van der Waals surface area contributed by atoms with E-state index in [4.69, 9.17) is 9.57 Å². The minimum atomic E-state index is -0.449. The Morgan fingerprint density at radius 1 is 1.28 bits per heavy atom. The highest BCUT2D eigenvalue weighted by Crippen LogP contribution is 2.38. The largest absolute Gasteiger partial charge is 0.471 e. The lowest BCUT2D eigenvalue weighted by Gasteiger charge is -2.37. The fourth-order valence-corrected chi connectivity index (χ4v) is 4.64. The van der Waals surface area contributed by atoms with Gasteiger partial charge in [-0.2, -0.15) is 5.10 Å². The minimum absolute atomic E-state index is 0.242. The molecule has 2 bridgehead atoms. The van der Waals surface area contributed by atoms with Crippen molar-refractivity contribution in [3.63, 3.8) is 0 Å². The molecule has 10 nitrogen and oxygen atoms in total. The number of amides is 1. The number of hydroxylamine groups is 1. The molecule has 166 valence electrons. The molecular formula is C21H22FN7O3. The molecule has 32 heavy (non-hydrogen) atoms. The van der Waals surface area contributed by atoms with Gasteiger partial charge in [-0.05, 0) is 19.5 Å². The highest BCUT2D eigenvalue weighted by atomic mass is 19.1. The highest BCUT2D eigenvalue weighted by molar-refractivity contribution is 6.00. The first-order chi connectivity index (χ1) is 15.6. The Hall–Kier alpha value is -3.31. The second kappa shape index (κ2) is 7.38. The maximum atomic E-state index is 14.3. The zero-order chi connectivity index (χ0) is 21.8. The van der Waals surface area contributed by atoms with E-state index in [0.717, 1.165) is 12.7 Å². The normalized spacial score (nSPS) is 25.8. The van der Waals surface area contributed by atoms with Crippen molar-refractivity contribution in [3.8, 4) is 5.88 Å². The summed E-state index contributed by atoms with van der Waals surface area (Å²) >= 11 is 0. The number of pyridine rings is 1. The monoisotopic (exact) mass is 439 g/mol. The molecule has 2 fully saturated rings. The standard InChI is InChI=1S/C21H22FN7O3/c1-27-5-2-15-17(11-27)32-21-13(8-12(22)9-23-21)16-4-7-31-29(16)18-3-6-28-19(26-18)14(10-24-28)20(30)25-15/h3,6,8-10,15-17H,2,4-5,7,11H2,1H3,(H,25,30)/t15?,16-,17-/m0/s1. The number of ether oxygens (including phenoxy) is 1. The van der Waals surface area contributed by atoms with Gasteiger partial charge in [0.05, 0.1) is 31.1 Å². The Morgan fingerprint density at radius 2 is 2.19 bits per heavy atom. The predicted molar refractivity (Wildman–Crippen MR) is 111 cm³/mol. The van der Waals surface area contributed by atoms with Crippen LogP contribution in [0.5, 0.6) is 5.88 Å². The van der Waals surface area contributed by atoms with Crippen molar-refractivity contribution >= 4 is 17.4 Å². The van der Waals surface area contributed by atoms with Crippen molar-refractivity contribution in [2.24, 2.45) is 0 Å². The predicted octanol–water partition coefficient (Wildman–Crippen LogP) is 1.34. The zero-order valence-electron chi connectivity index (χ0n) is 17.4. The first-order valence-electron chi connectivity index (χ1n) is 10.6. The lowest BCUT2D eigenvalue weighted by atomic mass is 10.0. The van der Waals surface area contributed by atoms with Crippen LogP contribution in [0.3, 0.4) is 0 Å². The lowest BCUT2D eigenvalue weighted by Crippen LogP contribution is -2.55. The average Bonchev–Trinajstić information content (AvgIpc) is 3.43. The van der Waals surface area contributed by atoms with Crippen LogP contribution in [0.4, 0.5) is 10.2 Å². The number of anilines is 1. The first-order valence-corrected chi connectivity index (χ1v) is 10.6. The lowest BCUT2D eigenvalue weighted by molar-refractivity contribution is 0.0578. The second-order valence-corrected chi connectivity index (χ2v) is 8.41. The van der Waals surface area contributed by atoms with Crippen LogP contribution in [0.25, 0.3) is 5.65 Å². The number of nitrogens with zero attached hydrogens (tertiary/aromatic N) is 6. The molecule has 1 N–H and O–H groups in total. The molecule has 3 atom stereocenters. The van der Waals surface area contributed by atoms with Gasteiger partial charge in [0.1, 0.15) is 17.5 Å². The number of hydrogen-bond donors (Lipinski definition) is 1. The maximum Gasteiger partial charge on any atom is 0.257 e. The Labute approximate surface area is 182 Å². The summed E-state index contributed by atoms with van der Waals surface area (Å²) < 4.78 is 22.2. The third-order valence-electron chi connectivity index (χ3n) is 6.28. The summed E-state index contributed by atoms with van der Waals surface area (Å²) in [6.45, 7) is 1.86. The van der Waals surface area contributed by atoms with Crippen LogP contribution < -0.4 is 15.1 Å². The highest BCUT2D eigenvalue weighted by Gasteiger charge is 2.37. The Bertz CT molecular complexity index is 1200. The smallest absolute Gasteiger partial charge is 0.257 e. The number of nitrogens with one attached hydrogen (secondary N) is 1. The molecule has 0 aromatic carbocycles. The molecule has 6 rings (SSSR count). The Morgan fingerprint density at radius 3 is 3.09 bits per heavy atom. The number of carbonyl (C=O) groups is 1. The van der Waals surface area contributed by atoms with E-state index >= 15 is 0 Å². The van der Waals surface area contributed by atoms with Gasteiger partial charge >= 0.3 is 0 Å². The molecule has 11 heteroatoms. The van der Waals surface area contributed by atoms with Gasteiger partial charge in [0.2, 0.25) is 5.88 Å². The van der Waals surface area contributed by atoms with Gasteiger partial charge in [-0.25, -0.2) is 23.9 Å². The Kier molecular flexibility index (Phi) is 4.47. The van der Waals surface area contributed by atoms with Crippen LogP contribution in [0.2, 0.25) is 0 Å². The van der Waals surface area contributed by atoms with E-state index in [9.17, 15) is 9.18 Å². The summed E-state index contributed by atoms with van der Waals surface area (Å²) in [6, 6.07) is 2.62. The van der Waals surface area contributed by atoms with Crippen LogP contribution in [0, 0.1) is 5.82 Å². The van der Waals surface area contributed by atoms with Crippen molar-refractivity contribution in [2.45, 2.75) is 31.0 Å². The van der Waals surface area contributed by atoms with Crippen molar-refractivity contribution in [1.82, 2.24) is 29.8 Å². The zero-order valence-corrected chi connectivity index (χ0v) is 17.4. The number of aromatic nitrogens is 4. The van der Waals surface area contributed by atoms with Gasteiger partial charge in [0.25, 0.3) is 5.91 Å². The average molecular weight is 439 g/mol. The number of piperidine rings is 1. The second-order valence-electron chi connectivity index (χ2n) is 8.41. The quantitative estimate of drug-likeness (QED) is 0.561. The van der Waals surface area contributed by atoms with Gasteiger partial charge in [-0.1, -0.05) is 0 Å². The van der Waals surface area contributed by atoms with Crippen molar-refractivity contribution in [2.75, 3.05) is 31.8 Å². The van der Waals surface area contributed by atoms with Gasteiger partial charge in [-0.15, -0.1) is 0 Å². The molecule has 1 unspecified atom stereocenters. The fraction of sp³-hybridized carbons (Fsp3) is 0.429. The number of rotatable bonds is 0. The first kappa shape index (κ1) is 19.4. The fourth-order valence-electron chi connectivity index (χ4n) is 4.64. The summed E-state index contributed by atoms with van der Waals surface area (Å²) in [4.78, 5) is 30.1. The molecule has 3 aromatic rings. The molecule has 0 saturated carbocycles. The number of carbonyl (C=O) groups excluding carboxylic acids is 1. The van der Waals surface area contributed by atoms with E-state index in [-0.39, 0.29) is 24.1 Å². The summed E-state index contributed by atoms with van der Waals surface area (Å²) in [5.74, 6) is 0.129. The molecule has 3 aliphatic rings. The molecular weight excluding hydrogens is 417 g/mol. The molecule has 1 amide bonds. The SMILES string of the molecule is CN1CCC2NC(=O)c3cnn4ccc(nc34)N3OCC[C@H]3c3cc(F)cnc3O[C@H]2C1. The van der Waals surface area contributed by atoms with E-state index in [1.165, 1.54) is 12.3 Å². The van der Waals surface area contributed by atoms with Crippen molar-refractivity contribution < 1.29 is 18.8 Å². The topological polar surface area (TPSA) is 97.1 Å². The van der Waals surface area contributed by atoms with Crippen molar-refractivity contribution in [3.05, 3.63) is 47.7 Å². The van der Waals surface area contributed by atoms with E-state index in [0.29, 0.717) is 54.5 Å². The van der Waals surface area contributed by atoms with Gasteiger partial charge in [-0.3, -0.25) is 9.63 Å². The summed E-state index contributed by atoms with van der Waals surface area (Å²) in [7, 11) is 2.00. The molecule has 3 aliphatic heterocycles. The van der Waals surface area contributed by atoms with Gasteiger partial charge in [0.15, 0.2) is 11.5 Å². The van der Waals surface area contributed by atoms with Crippen LogP contribution in [-0.2, 0) is 4.84 Å². The van der Waals surface area contributed by atoms with Crippen LogP contribution in [0.1, 0.15) is 34.8 Å². The molecule has 0 spiro atoms. The van der Waals surface area contributed by atoms with Crippen LogP contribution in [-0.4, -0.2) is 69.3 Å². The van der Waals surface area contributed by atoms with Crippen molar-refractivity contribution in [1.29, 1.82) is 0 Å². The Balaban J connectivity index is 1.53. The molecule has 3 aromatic heterocycles. The third-order valence-corrected chi connectivity index (χ3v) is 6.28. The van der Waals surface area contributed by atoms with E-state index < -0.39 is 5.82 Å². The number of likely N-dealkylation sites (N-methyl/N-ethyl adjacent to an activating group) is 1. The molecule has 0 aliphatic carbocycles. The molecule has 0 radical (unpaired) electrons. The maximum absolute atomic E-state index is 14.3. The molecule has 2 saturated heterocycles. The number of fused-ring (bicyclic) bond motifs is 6. The number of halogens is 1.